The van der Waals surface area contributed by atoms with Crippen LogP contribution in [-0.2, 0) is 28.4 Å². The molecule has 0 unspecified atom stereocenters. The van der Waals surface area contributed by atoms with Crippen molar-refractivity contribution in [3.63, 3.8) is 0 Å². The van der Waals surface area contributed by atoms with Gasteiger partial charge >= 0.3 is 0 Å². The smallest absolute Gasteiger partial charge is 0.187 e. The van der Waals surface area contributed by atoms with Gasteiger partial charge in [-0.3, -0.25) is 0 Å². The molecular formula is C22H38O8. The minimum atomic E-state index is -0.737. The Balaban J connectivity index is 0.000000172. The second-order valence-corrected chi connectivity index (χ2v) is 9.60. The fourth-order valence-corrected chi connectivity index (χ4v) is 4.50. The van der Waals surface area contributed by atoms with Crippen molar-refractivity contribution in [2.45, 2.75) is 109 Å². The van der Waals surface area contributed by atoms with Crippen LogP contribution in [0, 0.1) is 11.8 Å². The topological polar surface area (TPSA) is 95.8 Å². The summed E-state index contributed by atoms with van der Waals surface area (Å²) in [6.07, 6.45) is 1.96. The number of aliphatic hydroxyl groups excluding tert-OH is 2. The summed E-state index contributed by atoms with van der Waals surface area (Å²) in [6, 6.07) is 0. The molecule has 0 spiro atoms. The molecule has 0 aromatic rings. The number of rotatable bonds is 5. The first-order chi connectivity index (χ1) is 14.0. The molecule has 0 bridgehead atoms. The highest BCUT2D eigenvalue weighted by Crippen LogP contribution is 2.42. The van der Waals surface area contributed by atoms with Gasteiger partial charge in [-0.05, 0) is 34.1 Å². The van der Waals surface area contributed by atoms with E-state index in [9.17, 15) is 5.11 Å². The molecule has 4 rings (SSSR count). The normalized spacial score (nSPS) is 44.1. The van der Waals surface area contributed by atoms with Gasteiger partial charge < -0.3 is 38.6 Å². The zero-order chi connectivity index (χ0) is 22.3. The average Bonchev–Trinajstić information content (AvgIpc) is 3.29. The Kier molecular flexibility index (Phi) is 7.31. The molecule has 0 radical (unpaired) electrons. The first-order valence-corrected chi connectivity index (χ1v) is 10.9. The Morgan fingerprint density at radius 2 is 1.33 bits per heavy atom. The van der Waals surface area contributed by atoms with Crippen molar-refractivity contribution in [3.8, 4) is 0 Å². The Morgan fingerprint density at radius 3 is 1.77 bits per heavy atom. The molecule has 0 aromatic carbocycles. The summed E-state index contributed by atoms with van der Waals surface area (Å²) in [4.78, 5) is 0. The zero-order valence-electron chi connectivity index (χ0n) is 18.9. The van der Waals surface area contributed by atoms with Crippen LogP contribution in [0.25, 0.3) is 0 Å². The number of fused-ring (bicyclic) bond motifs is 2. The molecule has 8 nitrogen and oxygen atoms in total. The molecule has 4 heterocycles. The molecule has 4 aliphatic rings. The van der Waals surface area contributed by atoms with E-state index in [1.54, 1.807) is 0 Å². The van der Waals surface area contributed by atoms with Gasteiger partial charge in [0, 0.05) is 18.3 Å². The highest BCUT2D eigenvalue weighted by atomic mass is 16.8. The van der Waals surface area contributed by atoms with Crippen molar-refractivity contribution in [3.05, 3.63) is 12.7 Å². The minimum Gasteiger partial charge on any atom is -0.394 e. The Morgan fingerprint density at radius 1 is 0.867 bits per heavy atom. The molecule has 0 saturated carbocycles. The minimum absolute atomic E-state index is 0.0779. The van der Waals surface area contributed by atoms with Gasteiger partial charge in [-0.2, -0.15) is 0 Å². The van der Waals surface area contributed by atoms with Crippen molar-refractivity contribution in [1.29, 1.82) is 0 Å². The third-order valence-corrected chi connectivity index (χ3v) is 6.12. The van der Waals surface area contributed by atoms with E-state index in [0.29, 0.717) is 12.3 Å². The second kappa shape index (κ2) is 9.11. The van der Waals surface area contributed by atoms with E-state index in [-0.39, 0.29) is 49.5 Å². The van der Waals surface area contributed by atoms with E-state index in [0.717, 1.165) is 6.42 Å². The molecule has 9 atom stereocenters. The first kappa shape index (κ1) is 24.1. The summed E-state index contributed by atoms with van der Waals surface area (Å²) in [5.41, 5.74) is 0. The summed E-state index contributed by atoms with van der Waals surface area (Å²) in [5, 5.41) is 18.2. The van der Waals surface area contributed by atoms with Gasteiger partial charge in [0.2, 0.25) is 0 Å². The maximum atomic E-state index is 9.39. The maximum Gasteiger partial charge on any atom is 0.187 e. The van der Waals surface area contributed by atoms with Gasteiger partial charge in [-0.1, -0.05) is 19.9 Å². The highest BCUT2D eigenvalue weighted by molar-refractivity contribution is 4.93. The predicted octanol–water partition coefficient (Wildman–Crippen LogP) is 2.32. The van der Waals surface area contributed by atoms with Gasteiger partial charge in [0.25, 0.3) is 0 Å². The van der Waals surface area contributed by atoms with E-state index in [1.165, 1.54) is 0 Å². The molecule has 0 aliphatic carbocycles. The van der Waals surface area contributed by atoms with E-state index < -0.39 is 17.7 Å². The molecule has 4 fully saturated rings. The summed E-state index contributed by atoms with van der Waals surface area (Å²) >= 11 is 0. The summed E-state index contributed by atoms with van der Waals surface area (Å²) in [7, 11) is 0. The van der Waals surface area contributed by atoms with E-state index >= 15 is 0 Å². The lowest BCUT2D eigenvalue weighted by atomic mass is 9.96. The van der Waals surface area contributed by atoms with Crippen LogP contribution in [-0.4, -0.2) is 71.5 Å². The van der Waals surface area contributed by atoms with Crippen LogP contribution < -0.4 is 0 Å². The highest BCUT2D eigenvalue weighted by Gasteiger charge is 2.53. The van der Waals surface area contributed by atoms with Crippen LogP contribution >= 0.6 is 0 Å². The lowest BCUT2D eigenvalue weighted by Crippen LogP contribution is -2.31. The monoisotopic (exact) mass is 430 g/mol. The molecule has 0 amide bonds. The van der Waals surface area contributed by atoms with Crippen LogP contribution in [0.1, 0.15) is 54.4 Å². The summed E-state index contributed by atoms with van der Waals surface area (Å²) in [5.74, 6) is -0.555. The van der Waals surface area contributed by atoms with Crippen molar-refractivity contribution >= 4 is 0 Å². The first-order valence-electron chi connectivity index (χ1n) is 10.9. The van der Waals surface area contributed by atoms with Crippen LogP contribution in [0.4, 0.5) is 0 Å². The van der Waals surface area contributed by atoms with E-state index in [2.05, 4.69) is 13.5 Å². The van der Waals surface area contributed by atoms with Crippen LogP contribution in [0.3, 0.4) is 0 Å². The lowest BCUT2D eigenvalue weighted by molar-refractivity contribution is -0.212. The fourth-order valence-electron chi connectivity index (χ4n) is 4.50. The number of hydrogen-bond acceptors (Lipinski definition) is 8. The second-order valence-electron chi connectivity index (χ2n) is 9.60. The van der Waals surface area contributed by atoms with Gasteiger partial charge in [0.15, 0.2) is 24.2 Å². The van der Waals surface area contributed by atoms with Crippen LogP contribution in [0.15, 0.2) is 12.7 Å². The van der Waals surface area contributed by atoms with Crippen LogP contribution in [0.2, 0.25) is 0 Å². The van der Waals surface area contributed by atoms with Gasteiger partial charge in [-0.25, -0.2) is 0 Å². The van der Waals surface area contributed by atoms with Crippen LogP contribution in [0.5, 0.6) is 0 Å². The Bertz CT molecular complexity index is 594. The van der Waals surface area contributed by atoms with Crippen molar-refractivity contribution in [1.82, 2.24) is 0 Å². The number of hydrogen-bond donors (Lipinski definition) is 2. The SMILES string of the molecule is C=CC[C@H]1O[C@@H]2OC(C)(C)O[C@@H]2[C@H]1C.C[C@@H]1[C@H]2OC(C)(C)O[C@H]2O[C@@H]1C[C@H](O)CO. The third-order valence-electron chi connectivity index (χ3n) is 6.12. The molecule has 4 aliphatic heterocycles. The summed E-state index contributed by atoms with van der Waals surface area (Å²) < 4.78 is 34.2. The third kappa shape index (κ3) is 5.24. The molecule has 30 heavy (non-hydrogen) atoms. The van der Waals surface area contributed by atoms with Crippen molar-refractivity contribution in [2.75, 3.05) is 6.61 Å². The molecule has 0 aromatic heterocycles. The predicted molar refractivity (Wildman–Crippen MR) is 108 cm³/mol. The molecule has 4 saturated heterocycles. The quantitative estimate of drug-likeness (QED) is 0.642. The standard InChI is InChI=1S/C11H20O5.C11H18O3/c1-6-8(4-7(13)5-12)14-10-9(6)15-11(2,3)16-10;1-5-6-8-7(2)9-10(12-8)14-11(3,4)13-9/h6-10,12-13H,4-5H2,1-3H3;5,7-10H,1,6H2,2-4H3/t6-,7-,8+,9+,10+;7-,8+,9+,10+/m00/s1. The lowest BCUT2D eigenvalue weighted by Gasteiger charge is -2.24. The molecule has 2 N–H and O–H groups in total. The fraction of sp³-hybridized carbons (Fsp3) is 0.909. The van der Waals surface area contributed by atoms with Gasteiger partial charge in [0.1, 0.15) is 12.2 Å². The zero-order valence-corrected chi connectivity index (χ0v) is 18.9. The van der Waals surface area contributed by atoms with E-state index in [4.69, 9.17) is 33.5 Å². The molecule has 174 valence electrons. The van der Waals surface area contributed by atoms with Crippen molar-refractivity contribution < 1.29 is 38.6 Å². The van der Waals surface area contributed by atoms with Gasteiger partial charge in [0.05, 0.1) is 24.9 Å². The summed E-state index contributed by atoms with van der Waals surface area (Å²) in [6.45, 7) is 15.2. The number of aliphatic hydroxyl groups is 2. The van der Waals surface area contributed by atoms with Gasteiger partial charge in [-0.15, -0.1) is 6.58 Å². The number of ether oxygens (including phenoxy) is 6. The average molecular weight is 431 g/mol. The van der Waals surface area contributed by atoms with E-state index in [1.807, 2.05) is 40.7 Å². The van der Waals surface area contributed by atoms with Crippen molar-refractivity contribution in [2.24, 2.45) is 11.8 Å². The largest absolute Gasteiger partial charge is 0.394 e. The molecule has 8 heteroatoms. The Labute approximate surface area is 179 Å². The molecular weight excluding hydrogens is 392 g/mol. The Hall–Kier alpha value is -0.580. The maximum absolute atomic E-state index is 9.39.